The number of aliphatic carboxylic acids is 2. The molecule has 0 bridgehead atoms. The molecule has 2 atom stereocenters. The van der Waals surface area contributed by atoms with Gasteiger partial charge in [-0.05, 0) is 19.3 Å². The average Bonchev–Trinajstić information content (AvgIpc) is 3.03. The van der Waals surface area contributed by atoms with Gasteiger partial charge in [0.15, 0.2) is 5.60 Å². The van der Waals surface area contributed by atoms with E-state index in [2.05, 4.69) is 0 Å². The standard InChI is InChI=1S/C12H18O5/c13-10(14)7-6-9-12(17-9,11(15)16)8-4-2-1-3-5-8/h8-9H,1-7H2,(H,13,14)(H,15,16). The molecular weight excluding hydrogens is 224 g/mol. The summed E-state index contributed by atoms with van der Waals surface area (Å²) in [7, 11) is 0. The highest BCUT2D eigenvalue weighted by Gasteiger charge is 2.66. The Balaban J connectivity index is 1.98. The van der Waals surface area contributed by atoms with E-state index in [1.807, 2.05) is 0 Å². The fraction of sp³-hybridized carbons (Fsp3) is 0.833. The van der Waals surface area contributed by atoms with Gasteiger partial charge in [0.1, 0.15) is 0 Å². The quantitative estimate of drug-likeness (QED) is 0.716. The maximum Gasteiger partial charge on any atom is 0.339 e. The van der Waals surface area contributed by atoms with Crippen LogP contribution in [0.15, 0.2) is 0 Å². The van der Waals surface area contributed by atoms with Crippen molar-refractivity contribution in [2.75, 3.05) is 0 Å². The monoisotopic (exact) mass is 242 g/mol. The molecule has 1 aliphatic carbocycles. The molecule has 2 rings (SSSR count). The van der Waals surface area contributed by atoms with Crippen molar-refractivity contribution in [1.82, 2.24) is 0 Å². The topological polar surface area (TPSA) is 87.1 Å². The molecule has 1 saturated heterocycles. The van der Waals surface area contributed by atoms with Gasteiger partial charge in [0.25, 0.3) is 0 Å². The van der Waals surface area contributed by atoms with Crippen molar-refractivity contribution in [3.05, 3.63) is 0 Å². The molecule has 0 aromatic carbocycles. The summed E-state index contributed by atoms with van der Waals surface area (Å²) in [5, 5.41) is 17.9. The van der Waals surface area contributed by atoms with Gasteiger partial charge in [-0.1, -0.05) is 19.3 Å². The van der Waals surface area contributed by atoms with E-state index in [-0.39, 0.29) is 12.3 Å². The molecule has 2 fully saturated rings. The summed E-state index contributed by atoms with van der Waals surface area (Å²) in [6, 6.07) is 0. The molecule has 96 valence electrons. The molecular formula is C12H18O5. The van der Waals surface area contributed by atoms with E-state index in [1.165, 1.54) is 0 Å². The number of carboxylic acids is 2. The van der Waals surface area contributed by atoms with Crippen molar-refractivity contribution < 1.29 is 24.5 Å². The molecule has 2 unspecified atom stereocenters. The summed E-state index contributed by atoms with van der Waals surface area (Å²) in [5.41, 5.74) is -1.07. The Kier molecular flexibility index (Phi) is 3.38. The Morgan fingerprint density at radius 3 is 2.35 bits per heavy atom. The van der Waals surface area contributed by atoms with Gasteiger partial charge in [0.2, 0.25) is 0 Å². The normalized spacial score (nSPS) is 33.3. The van der Waals surface area contributed by atoms with Gasteiger partial charge in [0, 0.05) is 12.3 Å². The van der Waals surface area contributed by atoms with Gasteiger partial charge in [-0.15, -0.1) is 0 Å². The van der Waals surface area contributed by atoms with Crippen molar-refractivity contribution in [1.29, 1.82) is 0 Å². The van der Waals surface area contributed by atoms with Crippen molar-refractivity contribution in [2.45, 2.75) is 56.7 Å². The minimum Gasteiger partial charge on any atom is -0.481 e. The summed E-state index contributed by atoms with van der Waals surface area (Å²) >= 11 is 0. The average molecular weight is 242 g/mol. The Morgan fingerprint density at radius 2 is 1.82 bits per heavy atom. The predicted octanol–water partition coefficient (Wildman–Crippen LogP) is 1.65. The van der Waals surface area contributed by atoms with Gasteiger partial charge >= 0.3 is 11.9 Å². The third-order valence-electron chi connectivity index (χ3n) is 3.92. The fourth-order valence-electron chi connectivity index (χ4n) is 2.98. The van der Waals surface area contributed by atoms with Crippen molar-refractivity contribution >= 4 is 11.9 Å². The van der Waals surface area contributed by atoms with E-state index >= 15 is 0 Å². The van der Waals surface area contributed by atoms with Gasteiger partial charge in [-0.25, -0.2) is 4.79 Å². The highest BCUT2D eigenvalue weighted by Crippen LogP contribution is 2.50. The zero-order chi connectivity index (χ0) is 12.5. The lowest BCUT2D eigenvalue weighted by Gasteiger charge is -2.25. The van der Waals surface area contributed by atoms with Crippen LogP contribution in [0.25, 0.3) is 0 Å². The SMILES string of the molecule is O=C(O)CCC1OC1(C(=O)O)C1CCCCC1. The fourth-order valence-corrected chi connectivity index (χ4v) is 2.98. The van der Waals surface area contributed by atoms with E-state index in [1.54, 1.807) is 0 Å². The molecule has 0 aromatic heterocycles. The summed E-state index contributed by atoms with van der Waals surface area (Å²) in [4.78, 5) is 21.9. The number of epoxide rings is 1. The van der Waals surface area contributed by atoms with Crippen LogP contribution in [-0.4, -0.2) is 33.9 Å². The van der Waals surface area contributed by atoms with Crippen LogP contribution in [0.2, 0.25) is 0 Å². The van der Waals surface area contributed by atoms with Crippen molar-refractivity contribution in [3.63, 3.8) is 0 Å². The van der Waals surface area contributed by atoms with Gasteiger partial charge in [0.05, 0.1) is 6.10 Å². The maximum atomic E-state index is 11.4. The van der Waals surface area contributed by atoms with Crippen LogP contribution in [0.1, 0.15) is 44.9 Å². The van der Waals surface area contributed by atoms with E-state index in [0.717, 1.165) is 32.1 Å². The van der Waals surface area contributed by atoms with Crippen LogP contribution in [-0.2, 0) is 14.3 Å². The van der Waals surface area contributed by atoms with E-state index in [4.69, 9.17) is 9.84 Å². The zero-order valence-electron chi connectivity index (χ0n) is 9.72. The second-order valence-electron chi connectivity index (χ2n) is 4.97. The van der Waals surface area contributed by atoms with Gasteiger partial charge in [-0.3, -0.25) is 4.79 Å². The number of hydrogen-bond acceptors (Lipinski definition) is 3. The lowest BCUT2D eigenvalue weighted by Crippen LogP contribution is -2.37. The summed E-state index contributed by atoms with van der Waals surface area (Å²) in [6.07, 6.45) is 4.91. The summed E-state index contributed by atoms with van der Waals surface area (Å²) < 4.78 is 5.39. The molecule has 2 aliphatic rings. The molecule has 1 heterocycles. The molecule has 1 saturated carbocycles. The Morgan fingerprint density at radius 1 is 1.18 bits per heavy atom. The predicted molar refractivity (Wildman–Crippen MR) is 58.7 cm³/mol. The third-order valence-corrected chi connectivity index (χ3v) is 3.92. The molecule has 2 N–H and O–H groups in total. The Labute approximate surface area is 99.8 Å². The molecule has 5 nitrogen and oxygen atoms in total. The number of ether oxygens (including phenoxy) is 1. The molecule has 1 aliphatic heterocycles. The molecule has 0 amide bonds. The zero-order valence-corrected chi connectivity index (χ0v) is 9.72. The number of carboxylic acid groups (broad SMARTS) is 2. The number of rotatable bonds is 5. The lowest BCUT2D eigenvalue weighted by molar-refractivity contribution is -0.146. The van der Waals surface area contributed by atoms with Crippen LogP contribution in [0.3, 0.4) is 0 Å². The maximum absolute atomic E-state index is 11.4. The third kappa shape index (κ3) is 2.29. The van der Waals surface area contributed by atoms with Crippen LogP contribution in [0.4, 0.5) is 0 Å². The molecule has 5 heteroatoms. The minimum absolute atomic E-state index is 0.0214. The molecule has 17 heavy (non-hydrogen) atoms. The smallest absolute Gasteiger partial charge is 0.339 e. The first-order valence-corrected chi connectivity index (χ1v) is 6.20. The minimum atomic E-state index is -1.07. The van der Waals surface area contributed by atoms with E-state index in [0.29, 0.717) is 6.42 Å². The highest BCUT2D eigenvalue weighted by molar-refractivity contribution is 5.82. The van der Waals surface area contributed by atoms with E-state index in [9.17, 15) is 14.7 Å². The van der Waals surface area contributed by atoms with Crippen LogP contribution >= 0.6 is 0 Å². The molecule has 0 radical (unpaired) electrons. The highest BCUT2D eigenvalue weighted by atomic mass is 16.6. The Bertz CT molecular complexity index is 321. The van der Waals surface area contributed by atoms with Crippen LogP contribution in [0.5, 0.6) is 0 Å². The van der Waals surface area contributed by atoms with Crippen molar-refractivity contribution in [2.24, 2.45) is 5.92 Å². The lowest BCUT2D eigenvalue weighted by atomic mass is 9.77. The second-order valence-corrected chi connectivity index (χ2v) is 4.97. The molecule has 0 aromatic rings. The first-order chi connectivity index (χ1) is 8.07. The number of carbonyl (C=O) groups is 2. The van der Waals surface area contributed by atoms with Crippen molar-refractivity contribution in [3.8, 4) is 0 Å². The largest absolute Gasteiger partial charge is 0.481 e. The van der Waals surface area contributed by atoms with Gasteiger partial charge in [-0.2, -0.15) is 0 Å². The second kappa shape index (κ2) is 4.64. The first kappa shape index (κ1) is 12.4. The first-order valence-electron chi connectivity index (χ1n) is 6.20. The molecule has 0 spiro atoms. The summed E-state index contributed by atoms with van der Waals surface area (Å²) in [5.74, 6) is -1.75. The summed E-state index contributed by atoms with van der Waals surface area (Å²) in [6.45, 7) is 0. The van der Waals surface area contributed by atoms with Gasteiger partial charge < -0.3 is 14.9 Å². The van der Waals surface area contributed by atoms with E-state index < -0.39 is 23.6 Å². The van der Waals surface area contributed by atoms with Crippen LogP contribution in [0, 0.1) is 5.92 Å². The Hall–Kier alpha value is -1.10. The number of hydrogen-bond donors (Lipinski definition) is 2. The van der Waals surface area contributed by atoms with Crippen LogP contribution < -0.4 is 0 Å².